The summed E-state index contributed by atoms with van der Waals surface area (Å²) < 4.78 is 2.00. The van der Waals surface area contributed by atoms with E-state index in [1.54, 1.807) is 12.4 Å². The number of aryl methyl sites for hydroxylation is 1. The molecule has 0 bridgehead atoms. The van der Waals surface area contributed by atoms with Crippen LogP contribution in [0, 0.1) is 5.92 Å². The molecule has 5 nitrogen and oxygen atoms in total. The van der Waals surface area contributed by atoms with Crippen molar-refractivity contribution in [2.24, 2.45) is 5.92 Å². The van der Waals surface area contributed by atoms with Gasteiger partial charge in [0.2, 0.25) is 5.91 Å². The van der Waals surface area contributed by atoms with Crippen LogP contribution in [0.5, 0.6) is 0 Å². The Bertz CT molecular complexity index is 608. The van der Waals surface area contributed by atoms with E-state index in [0.29, 0.717) is 6.54 Å². The van der Waals surface area contributed by atoms with Crippen LogP contribution in [0.1, 0.15) is 24.6 Å². The molecule has 0 spiro atoms. The Balaban J connectivity index is 1.68. The predicted octanol–water partition coefficient (Wildman–Crippen LogP) is 1.89. The molecule has 21 heavy (non-hydrogen) atoms. The van der Waals surface area contributed by atoms with Crippen molar-refractivity contribution in [1.82, 2.24) is 19.7 Å². The van der Waals surface area contributed by atoms with E-state index in [9.17, 15) is 4.79 Å². The number of pyridine rings is 1. The lowest BCUT2D eigenvalue weighted by molar-refractivity contribution is -0.136. The summed E-state index contributed by atoms with van der Waals surface area (Å²) in [6, 6.07) is 5.94. The monoisotopic (exact) mass is 284 g/mol. The van der Waals surface area contributed by atoms with Crippen LogP contribution in [-0.2, 0) is 24.3 Å². The van der Waals surface area contributed by atoms with Gasteiger partial charge >= 0.3 is 0 Å². The number of hydrogen-bond acceptors (Lipinski definition) is 3. The fraction of sp³-hybridized carbons (Fsp3) is 0.438. The topological polar surface area (TPSA) is 51.0 Å². The van der Waals surface area contributed by atoms with Crippen LogP contribution in [0.2, 0.25) is 0 Å². The Hall–Kier alpha value is -2.17. The highest BCUT2D eigenvalue weighted by molar-refractivity contribution is 5.79. The van der Waals surface area contributed by atoms with Crippen molar-refractivity contribution in [3.63, 3.8) is 0 Å². The van der Waals surface area contributed by atoms with E-state index in [2.05, 4.69) is 10.1 Å². The average Bonchev–Trinajstić information content (AvgIpc) is 3.00. The molecule has 3 heterocycles. The summed E-state index contributed by atoms with van der Waals surface area (Å²) in [4.78, 5) is 18.7. The van der Waals surface area contributed by atoms with Gasteiger partial charge in [0.25, 0.3) is 0 Å². The number of aromatic nitrogens is 3. The van der Waals surface area contributed by atoms with E-state index < -0.39 is 0 Å². The molecule has 1 aliphatic rings. The second-order valence-corrected chi connectivity index (χ2v) is 5.44. The lowest BCUT2D eigenvalue weighted by Crippen LogP contribution is -2.38. The molecule has 0 aliphatic carbocycles. The van der Waals surface area contributed by atoms with Gasteiger partial charge in [-0.25, -0.2) is 0 Å². The molecule has 0 fully saturated rings. The van der Waals surface area contributed by atoms with Crippen molar-refractivity contribution in [2.45, 2.75) is 32.9 Å². The summed E-state index contributed by atoms with van der Waals surface area (Å²) in [7, 11) is 0. The maximum atomic E-state index is 12.7. The maximum Gasteiger partial charge on any atom is 0.226 e. The van der Waals surface area contributed by atoms with Gasteiger partial charge in [-0.3, -0.25) is 14.5 Å². The van der Waals surface area contributed by atoms with Crippen molar-refractivity contribution in [2.75, 3.05) is 6.54 Å². The molecule has 2 aromatic heterocycles. The predicted molar refractivity (Wildman–Crippen MR) is 79.4 cm³/mol. The van der Waals surface area contributed by atoms with Crippen LogP contribution in [-0.4, -0.2) is 32.1 Å². The van der Waals surface area contributed by atoms with E-state index in [-0.39, 0.29) is 11.8 Å². The third-order valence-electron chi connectivity index (χ3n) is 4.11. The molecule has 1 unspecified atom stereocenters. The first-order valence-corrected chi connectivity index (χ1v) is 7.46. The van der Waals surface area contributed by atoms with Crippen molar-refractivity contribution >= 4 is 5.91 Å². The highest BCUT2D eigenvalue weighted by Crippen LogP contribution is 2.22. The summed E-state index contributed by atoms with van der Waals surface area (Å²) in [5.41, 5.74) is 2.29. The highest BCUT2D eigenvalue weighted by Gasteiger charge is 2.28. The zero-order chi connectivity index (χ0) is 14.7. The number of carbonyl (C=O) groups excluding carboxylic acids is 1. The Kier molecular flexibility index (Phi) is 3.99. The number of nitrogens with zero attached hydrogens (tertiary/aromatic N) is 4. The Morgan fingerprint density at radius 3 is 2.90 bits per heavy atom. The first-order chi connectivity index (χ1) is 10.3. The largest absolute Gasteiger partial charge is 0.338 e. The maximum absolute atomic E-state index is 12.7. The minimum absolute atomic E-state index is 0.0796. The van der Waals surface area contributed by atoms with Crippen LogP contribution in [0.3, 0.4) is 0 Å². The van der Waals surface area contributed by atoms with Crippen molar-refractivity contribution in [1.29, 1.82) is 0 Å². The molecule has 0 saturated heterocycles. The molecule has 1 atom stereocenters. The molecule has 1 amide bonds. The van der Waals surface area contributed by atoms with Gasteiger partial charge in [0.15, 0.2) is 0 Å². The number of rotatable bonds is 4. The van der Waals surface area contributed by atoms with E-state index in [1.807, 2.05) is 40.9 Å². The molecule has 0 radical (unpaired) electrons. The van der Waals surface area contributed by atoms with E-state index >= 15 is 0 Å². The summed E-state index contributed by atoms with van der Waals surface area (Å²) in [6.45, 7) is 4.27. The van der Waals surface area contributed by atoms with Gasteiger partial charge in [-0.15, -0.1) is 0 Å². The fourth-order valence-electron chi connectivity index (χ4n) is 2.89. The number of amides is 1. The molecule has 3 rings (SSSR count). The molecule has 110 valence electrons. The normalized spacial score (nSPS) is 17.3. The van der Waals surface area contributed by atoms with Gasteiger partial charge in [0.05, 0.1) is 0 Å². The number of carbonyl (C=O) groups is 1. The third-order valence-corrected chi connectivity index (χ3v) is 4.11. The van der Waals surface area contributed by atoms with E-state index in [1.165, 1.54) is 5.69 Å². The lowest BCUT2D eigenvalue weighted by Gasteiger charge is -2.29. The Morgan fingerprint density at radius 1 is 1.33 bits per heavy atom. The minimum Gasteiger partial charge on any atom is -0.338 e. The number of hydrogen-bond donors (Lipinski definition) is 0. The van der Waals surface area contributed by atoms with Crippen LogP contribution < -0.4 is 0 Å². The Labute approximate surface area is 124 Å². The van der Waals surface area contributed by atoms with Gasteiger partial charge < -0.3 is 4.90 Å². The van der Waals surface area contributed by atoms with Gasteiger partial charge in [-0.2, -0.15) is 5.10 Å². The quantitative estimate of drug-likeness (QED) is 0.861. The zero-order valence-electron chi connectivity index (χ0n) is 12.3. The van der Waals surface area contributed by atoms with Crippen molar-refractivity contribution < 1.29 is 4.79 Å². The van der Waals surface area contributed by atoms with Crippen LogP contribution in [0.15, 0.2) is 36.8 Å². The molecular formula is C16H20N4O. The SMILES string of the molecule is CCN(Cc1ccncc1)C(=O)C1CCn2nccc2C1. The standard InChI is InChI=1S/C16H20N4O/c1-2-19(12-13-3-7-17-8-4-13)16(21)14-6-10-20-15(11-14)5-9-18-20/h3-5,7-9,14H,2,6,10-12H2,1H3. The smallest absolute Gasteiger partial charge is 0.226 e. The van der Waals surface area contributed by atoms with Gasteiger partial charge in [0.1, 0.15) is 0 Å². The van der Waals surface area contributed by atoms with Crippen LogP contribution in [0.4, 0.5) is 0 Å². The third kappa shape index (κ3) is 2.96. The molecule has 1 aliphatic heterocycles. The van der Waals surface area contributed by atoms with E-state index in [4.69, 9.17) is 0 Å². The van der Waals surface area contributed by atoms with Crippen molar-refractivity contribution in [3.8, 4) is 0 Å². The van der Waals surface area contributed by atoms with Crippen LogP contribution >= 0.6 is 0 Å². The first kappa shape index (κ1) is 13.8. The van der Waals surface area contributed by atoms with Gasteiger partial charge in [-0.05, 0) is 37.1 Å². The average molecular weight is 284 g/mol. The zero-order valence-corrected chi connectivity index (χ0v) is 12.3. The van der Waals surface area contributed by atoms with Crippen LogP contribution in [0.25, 0.3) is 0 Å². The van der Waals surface area contributed by atoms with Gasteiger partial charge in [0, 0.05) is 56.3 Å². The molecule has 0 saturated carbocycles. The molecule has 5 heteroatoms. The second-order valence-electron chi connectivity index (χ2n) is 5.44. The minimum atomic E-state index is 0.0796. The molecular weight excluding hydrogens is 264 g/mol. The Morgan fingerprint density at radius 2 is 2.14 bits per heavy atom. The lowest BCUT2D eigenvalue weighted by atomic mass is 9.94. The summed E-state index contributed by atoms with van der Waals surface area (Å²) in [6.07, 6.45) is 7.03. The highest BCUT2D eigenvalue weighted by atomic mass is 16.2. The van der Waals surface area contributed by atoms with E-state index in [0.717, 1.165) is 31.5 Å². The summed E-state index contributed by atoms with van der Waals surface area (Å²) in [5.74, 6) is 0.331. The number of fused-ring (bicyclic) bond motifs is 1. The molecule has 0 aromatic carbocycles. The molecule has 0 N–H and O–H groups in total. The summed E-state index contributed by atoms with van der Waals surface area (Å²) in [5, 5.41) is 4.27. The first-order valence-electron chi connectivity index (χ1n) is 7.46. The fourth-order valence-corrected chi connectivity index (χ4v) is 2.89. The molecule has 2 aromatic rings. The van der Waals surface area contributed by atoms with Gasteiger partial charge in [-0.1, -0.05) is 0 Å². The second kappa shape index (κ2) is 6.08. The summed E-state index contributed by atoms with van der Waals surface area (Å²) >= 11 is 0. The van der Waals surface area contributed by atoms with Crippen molar-refractivity contribution in [3.05, 3.63) is 48.0 Å².